The predicted molar refractivity (Wildman–Crippen MR) is 104 cm³/mol. The fourth-order valence-electron chi connectivity index (χ4n) is 2.71. The Morgan fingerprint density at radius 2 is 1.79 bits per heavy atom. The van der Waals surface area contributed by atoms with Crippen molar-refractivity contribution in [1.82, 2.24) is 10.6 Å². The van der Waals surface area contributed by atoms with Gasteiger partial charge in [-0.05, 0) is 49.2 Å². The van der Waals surface area contributed by atoms with Crippen LogP contribution in [0.5, 0.6) is 0 Å². The number of rotatable bonds is 6. The number of halogens is 1. The zero-order valence-electron chi connectivity index (χ0n) is 15.7. The maximum absolute atomic E-state index is 14.5. The molecule has 1 aromatic heterocycles. The van der Waals surface area contributed by atoms with Crippen LogP contribution in [0.2, 0.25) is 0 Å². The molecular formula is C22H21FN2O3. The van der Waals surface area contributed by atoms with Gasteiger partial charge in [-0.15, -0.1) is 0 Å². The number of nitrogens with one attached hydrogen (secondary N) is 2. The number of carbonyl (C=O) groups excluding carboxylic acids is 2. The van der Waals surface area contributed by atoms with Gasteiger partial charge in [0.25, 0.3) is 5.91 Å². The summed E-state index contributed by atoms with van der Waals surface area (Å²) in [5.41, 5.74) is 2.54. The van der Waals surface area contributed by atoms with Crippen LogP contribution in [0.15, 0.2) is 65.3 Å². The highest BCUT2D eigenvalue weighted by Crippen LogP contribution is 2.22. The summed E-state index contributed by atoms with van der Waals surface area (Å²) >= 11 is 0. The van der Waals surface area contributed by atoms with Gasteiger partial charge in [0.15, 0.2) is 0 Å². The molecule has 0 radical (unpaired) electrons. The van der Waals surface area contributed by atoms with Crippen molar-refractivity contribution in [2.45, 2.75) is 26.4 Å². The molecule has 0 aliphatic rings. The van der Waals surface area contributed by atoms with Crippen LogP contribution in [0.1, 0.15) is 28.6 Å². The Hall–Kier alpha value is -3.41. The summed E-state index contributed by atoms with van der Waals surface area (Å²) in [6.45, 7) is 3.73. The topological polar surface area (TPSA) is 71.3 Å². The van der Waals surface area contributed by atoms with E-state index in [2.05, 4.69) is 10.6 Å². The highest BCUT2D eigenvalue weighted by Gasteiger charge is 2.19. The molecule has 0 bridgehead atoms. The summed E-state index contributed by atoms with van der Waals surface area (Å²) < 4.78 is 19.6. The Morgan fingerprint density at radius 1 is 1.07 bits per heavy atom. The standard InChI is InChI=1S/C22H21FN2O3/c1-14-5-7-16(8-6-14)17-9-10-19(20(23)12-17)22(27)25-15(2)21(26)24-13-18-4-3-11-28-18/h3-12,15H,13H2,1-2H3,(H,24,26)(H,25,27). The van der Waals surface area contributed by atoms with Crippen molar-refractivity contribution in [2.24, 2.45) is 0 Å². The summed E-state index contributed by atoms with van der Waals surface area (Å²) in [5.74, 6) is -1.07. The third kappa shape index (κ3) is 4.65. The summed E-state index contributed by atoms with van der Waals surface area (Å²) in [5, 5.41) is 5.16. The Morgan fingerprint density at radius 3 is 2.43 bits per heavy atom. The van der Waals surface area contributed by atoms with Crippen LogP contribution in [0.25, 0.3) is 11.1 Å². The summed E-state index contributed by atoms with van der Waals surface area (Å²) in [7, 11) is 0. The third-order valence-corrected chi connectivity index (χ3v) is 4.36. The largest absolute Gasteiger partial charge is 0.467 e. The quantitative estimate of drug-likeness (QED) is 0.683. The second kappa shape index (κ2) is 8.52. The van der Waals surface area contributed by atoms with E-state index in [0.29, 0.717) is 11.3 Å². The van der Waals surface area contributed by atoms with Crippen LogP contribution in [-0.4, -0.2) is 17.9 Å². The van der Waals surface area contributed by atoms with Crippen LogP contribution in [0.4, 0.5) is 4.39 Å². The van der Waals surface area contributed by atoms with Gasteiger partial charge in [-0.1, -0.05) is 35.9 Å². The molecule has 1 unspecified atom stereocenters. The maximum Gasteiger partial charge on any atom is 0.254 e. The van der Waals surface area contributed by atoms with Crippen molar-refractivity contribution in [3.05, 3.63) is 83.6 Å². The molecular weight excluding hydrogens is 359 g/mol. The Labute approximate surface area is 162 Å². The summed E-state index contributed by atoms with van der Waals surface area (Å²) in [4.78, 5) is 24.5. The second-order valence-corrected chi connectivity index (χ2v) is 6.55. The van der Waals surface area contributed by atoms with Gasteiger partial charge in [-0.25, -0.2) is 4.39 Å². The van der Waals surface area contributed by atoms with Gasteiger partial charge < -0.3 is 15.1 Å². The summed E-state index contributed by atoms with van der Waals surface area (Å²) in [6.07, 6.45) is 1.51. The van der Waals surface area contributed by atoms with Crippen LogP contribution in [0, 0.1) is 12.7 Å². The zero-order chi connectivity index (χ0) is 20.1. The van der Waals surface area contributed by atoms with Gasteiger partial charge in [0.1, 0.15) is 17.6 Å². The molecule has 0 aliphatic heterocycles. The monoisotopic (exact) mass is 380 g/mol. The normalized spacial score (nSPS) is 11.7. The number of carbonyl (C=O) groups is 2. The number of furan rings is 1. The highest BCUT2D eigenvalue weighted by atomic mass is 19.1. The number of hydrogen-bond acceptors (Lipinski definition) is 3. The number of aryl methyl sites for hydroxylation is 1. The average Bonchev–Trinajstić information content (AvgIpc) is 3.20. The molecule has 5 nitrogen and oxygen atoms in total. The van der Waals surface area contributed by atoms with Gasteiger partial charge >= 0.3 is 0 Å². The van der Waals surface area contributed by atoms with Crippen molar-refractivity contribution in [2.75, 3.05) is 0 Å². The van der Waals surface area contributed by atoms with Crippen LogP contribution in [-0.2, 0) is 11.3 Å². The van der Waals surface area contributed by atoms with Gasteiger partial charge in [-0.2, -0.15) is 0 Å². The van der Waals surface area contributed by atoms with Crippen molar-refractivity contribution >= 4 is 11.8 Å². The predicted octanol–water partition coefficient (Wildman–Crippen LogP) is 3.83. The first-order chi connectivity index (χ1) is 13.4. The molecule has 0 spiro atoms. The first kappa shape index (κ1) is 19.4. The highest BCUT2D eigenvalue weighted by molar-refractivity contribution is 5.98. The van der Waals surface area contributed by atoms with Crippen LogP contribution in [0.3, 0.4) is 0 Å². The first-order valence-electron chi connectivity index (χ1n) is 8.91. The maximum atomic E-state index is 14.5. The summed E-state index contributed by atoms with van der Waals surface area (Å²) in [6, 6.07) is 14.7. The minimum Gasteiger partial charge on any atom is -0.467 e. The molecule has 1 heterocycles. The van der Waals surface area contributed by atoms with Crippen molar-refractivity contribution in [3.63, 3.8) is 0 Å². The first-order valence-corrected chi connectivity index (χ1v) is 8.91. The number of amides is 2. The van der Waals surface area contributed by atoms with E-state index < -0.39 is 17.8 Å². The average molecular weight is 380 g/mol. The minimum atomic E-state index is -0.821. The van der Waals surface area contributed by atoms with Crippen LogP contribution < -0.4 is 10.6 Å². The smallest absolute Gasteiger partial charge is 0.254 e. The van der Waals surface area contributed by atoms with E-state index in [1.165, 1.54) is 25.3 Å². The van der Waals surface area contributed by atoms with E-state index in [4.69, 9.17) is 4.42 Å². The van der Waals surface area contributed by atoms with E-state index in [9.17, 15) is 14.0 Å². The van der Waals surface area contributed by atoms with E-state index in [0.717, 1.165) is 11.1 Å². The second-order valence-electron chi connectivity index (χ2n) is 6.55. The molecule has 6 heteroatoms. The Balaban J connectivity index is 1.63. The number of benzene rings is 2. The molecule has 2 aromatic carbocycles. The minimum absolute atomic E-state index is 0.110. The molecule has 3 aromatic rings. The zero-order valence-corrected chi connectivity index (χ0v) is 15.7. The van der Waals surface area contributed by atoms with Crippen molar-refractivity contribution in [3.8, 4) is 11.1 Å². The lowest BCUT2D eigenvalue weighted by Gasteiger charge is -2.14. The van der Waals surface area contributed by atoms with Crippen molar-refractivity contribution < 1.29 is 18.4 Å². The van der Waals surface area contributed by atoms with Gasteiger partial charge in [0, 0.05) is 0 Å². The van der Waals surface area contributed by atoms with Crippen LogP contribution >= 0.6 is 0 Å². The van der Waals surface area contributed by atoms with Gasteiger partial charge in [0.2, 0.25) is 5.91 Å². The molecule has 1 atom stereocenters. The fraction of sp³-hybridized carbons (Fsp3) is 0.182. The molecule has 2 amide bonds. The van der Waals surface area contributed by atoms with E-state index in [1.807, 2.05) is 31.2 Å². The molecule has 28 heavy (non-hydrogen) atoms. The third-order valence-electron chi connectivity index (χ3n) is 4.36. The lowest BCUT2D eigenvalue weighted by atomic mass is 10.0. The van der Waals surface area contributed by atoms with E-state index >= 15 is 0 Å². The molecule has 0 fully saturated rings. The van der Waals surface area contributed by atoms with E-state index in [1.54, 1.807) is 18.2 Å². The van der Waals surface area contributed by atoms with Crippen molar-refractivity contribution in [1.29, 1.82) is 0 Å². The molecule has 2 N–H and O–H groups in total. The number of hydrogen-bond donors (Lipinski definition) is 2. The molecule has 144 valence electrons. The Kier molecular flexibility index (Phi) is 5.89. The molecule has 0 saturated heterocycles. The fourth-order valence-corrected chi connectivity index (χ4v) is 2.71. The lowest BCUT2D eigenvalue weighted by molar-refractivity contribution is -0.122. The molecule has 3 rings (SSSR count). The molecule has 0 saturated carbocycles. The van der Waals surface area contributed by atoms with Gasteiger partial charge in [-0.3, -0.25) is 9.59 Å². The molecule has 0 aliphatic carbocycles. The SMILES string of the molecule is Cc1ccc(-c2ccc(C(=O)NC(C)C(=O)NCc3ccco3)c(F)c2)cc1. The van der Waals surface area contributed by atoms with E-state index in [-0.39, 0.29) is 18.0 Å². The lowest BCUT2D eigenvalue weighted by Crippen LogP contribution is -2.44. The van der Waals surface area contributed by atoms with Gasteiger partial charge in [0.05, 0.1) is 18.4 Å². The Bertz CT molecular complexity index is 966.